The van der Waals surface area contributed by atoms with E-state index in [1.807, 2.05) is 109 Å². The minimum atomic E-state index is -0.831. The van der Waals surface area contributed by atoms with Gasteiger partial charge in [-0.05, 0) is 90.0 Å². The molecule has 0 bridgehead atoms. The molecule has 48 heavy (non-hydrogen) atoms. The van der Waals surface area contributed by atoms with Crippen molar-refractivity contribution < 1.29 is 28.9 Å². The van der Waals surface area contributed by atoms with Crippen molar-refractivity contribution in [2.75, 3.05) is 13.1 Å². The van der Waals surface area contributed by atoms with Crippen molar-refractivity contribution in [2.24, 2.45) is 0 Å². The van der Waals surface area contributed by atoms with Gasteiger partial charge >= 0.3 is 5.97 Å². The molecule has 0 saturated heterocycles. The fourth-order valence-corrected chi connectivity index (χ4v) is 5.20. The first kappa shape index (κ1) is 33.8. The van der Waals surface area contributed by atoms with Crippen LogP contribution in [0.1, 0.15) is 51.9 Å². The summed E-state index contributed by atoms with van der Waals surface area (Å²) in [4.78, 5) is 26.5. The summed E-state index contributed by atoms with van der Waals surface area (Å²) >= 11 is 0. The molecule has 0 unspecified atom stereocenters. The lowest BCUT2D eigenvalue weighted by Crippen LogP contribution is -2.34. The topological polar surface area (TPSA) is 85.3 Å². The van der Waals surface area contributed by atoms with Crippen molar-refractivity contribution >= 4 is 11.9 Å². The molecule has 0 spiro atoms. The fraction of sp³-hybridized carbons (Fsp3) is 0.220. The molecule has 246 valence electrons. The number of carboxylic acid groups (broad SMARTS) is 1. The summed E-state index contributed by atoms with van der Waals surface area (Å²) in [5.74, 6) is 1.27. The van der Waals surface area contributed by atoms with Crippen LogP contribution in [0.4, 0.5) is 0 Å². The Bertz CT molecular complexity index is 1720. The van der Waals surface area contributed by atoms with Gasteiger partial charge in [-0.2, -0.15) is 0 Å². The van der Waals surface area contributed by atoms with Gasteiger partial charge in [0.05, 0.1) is 0 Å². The lowest BCUT2D eigenvalue weighted by Gasteiger charge is -2.23. The van der Waals surface area contributed by atoms with Crippen molar-refractivity contribution in [3.05, 3.63) is 161 Å². The molecular formula is C41H41NO6. The minimum absolute atomic E-state index is 0.0803. The highest BCUT2D eigenvalue weighted by molar-refractivity contribution is 5.94. The Morgan fingerprint density at radius 1 is 0.521 bits per heavy atom. The summed E-state index contributed by atoms with van der Waals surface area (Å²) in [7, 11) is 0. The molecule has 0 fully saturated rings. The molecule has 1 amide bonds. The van der Waals surface area contributed by atoms with Crippen LogP contribution in [-0.4, -0.2) is 35.0 Å². The van der Waals surface area contributed by atoms with E-state index >= 15 is 0 Å². The zero-order chi connectivity index (χ0) is 33.4. The Kier molecular flexibility index (Phi) is 12.6. The van der Waals surface area contributed by atoms with Crippen molar-refractivity contribution in [3.8, 4) is 17.2 Å². The Morgan fingerprint density at radius 3 is 1.65 bits per heavy atom. The second-order valence-electron chi connectivity index (χ2n) is 11.5. The first-order valence-corrected chi connectivity index (χ1v) is 16.3. The highest BCUT2D eigenvalue weighted by Crippen LogP contribution is 2.20. The largest absolute Gasteiger partial charge is 0.489 e. The predicted molar refractivity (Wildman–Crippen MR) is 186 cm³/mol. The lowest BCUT2D eigenvalue weighted by molar-refractivity contribution is -0.137. The summed E-state index contributed by atoms with van der Waals surface area (Å²) in [5.41, 5.74) is 4.78. The van der Waals surface area contributed by atoms with Crippen LogP contribution in [0.25, 0.3) is 0 Å². The third-order valence-electron chi connectivity index (χ3n) is 7.83. The second-order valence-corrected chi connectivity index (χ2v) is 11.5. The number of ether oxygens (including phenoxy) is 3. The van der Waals surface area contributed by atoms with E-state index in [9.17, 15) is 9.59 Å². The molecule has 1 N–H and O–H groups in total. The number of aliphatic carboxylic acids is 1. The number of benzene rings is 5. The number of hydrogen-bond acceptors (Lipinski definition) is 5. The van der Waals surface area contributed by atoms with E-state index in [0.29, 0.717) is 63.5 Å². The van der Waals surface area contributed by atoms with Crippen molar-refractivity contribution in [2.45, 2.75) is 45.5 Å². The summed E-state index contributed by atoms with van der Waals surface area (Å²) < 4.78 is 18.0. The highest BCUT2D eigenvalue weighted by atomic mass is 16.5. The van der Waals surface area contributed by atoms with Crippen LogP contribution in [0.5, 0.6) is 17.2 Å². The molecule has 0 saturated carbocycles. The Balaban J connectivity index is 1.16. The maximum absolute atomic E-state index is 13.6. The summed E-state index contributed by atoms with van der Waals surface area (Å²) in [5, 5.41) is 9.07. The Morgan fingerprint density at radius 2 is 1.04 bits per heavy atom. The smallest absolute Gasteiger partial charge is 0.303 e. The average Bonchev–Trinajstić information content (AvgIpc) is 3.13. The quantitative estimate of drug-likeness (QED) is 0.0966. The molecule has 0 aliphatic rings. The zero-order valence-corrected chi connectivity index (χ0v) is 27.0. The van der Waals surface area contributed by atoms with Gasteiger partial charge in [-0.25, -0.2) is 0 Å². The fourth-order valence-electron chi connectivity index (χ4n) is 5.20. The van der Waals surface area contributed by atoms with Gasteiger partial charge in [0.1, 0.15) is 37.1 Å². The summed E-state index contributed by atoms with van der Waals surface area (Å²) in [6.45, 7) is 2.30. The molecular weight excluding hydrogens is 602 g/mol. The van der Waals surface area contributed by atoms with Gasteiger partial charge in [0.2, 0.25) is 0 Å². The number of hydrogen-bond donors (Lipinski definition) is 1. The standard InChI is InChI=1S/C41H41NO6/c43-40(44)19-7-8-25-42(26-24-32-15-9-17-38(27-32)47-29-33-11-3-1-4-12-33)41(45)36-20-22-37(23-21-36)46-31-35-16-10-18-39(28-35)48-30-34-13-5-2-6-14-34/h1-6,9-18,20-23,27-28H,7-8,19,24-26,29-31H2,(H,43,44). The maximum Gasteiger partial charge on any atom is 0.303 e. The molecule has 0 aliphatic carbocycles. The van der Waals surface area contributed by atoms with E-state index in [4.69, 9.17) is 19.3 Å². The molecule has 5 rings (SSSR count). The van der Waals surface area contributed by atoms with Gasteiger partial charge in [-0.15, -0.1) is 0 Å². The molecule has 5 aromatic rings. The summed E-state index contributed by atoms with van der Waals surface area (Å²) in [6, 6.07) is 42.9. The highest BCUT2D eigenvalue weighted by Gasteiger charge is 2.16. The Hall–Kier alpha value is -5.56. The molecule has 0 heterocycles. The molecule has 0 aliphatic heterocycles. The van der Waals surface area contributed by atoms with Crippen molar-refractivity contribution in [3.63, 3.8) is 0 Å². The number of amides is 1. The van der Waals surface area contributed by atoms with Crippen LogP contribution < -0.4 is 14.2 Å². The van der Waals surface area contributed by atoms with E-state index in [1.165, 1.54) is 0 Å². The number of rotatable bonds is 18. The van der Waals surface area contributed by atoms with Crippen LogP contribution in [-0.2, 0) is 31.0 Å². The van der Waals surface area contributed by atoms with E-state index in [2.05, 4.69) is 0 Å². The molecule has 0 aromatic heterocycles. The first-order chi connectivity index (χ1) is 23.5. The number of nitrogens with zero attached hydrogens (tertiary/aromatic N) is 1. The normalized spacial score (nSPS) is 10.7. The van der Waals surface area contributed by atoms with Crippen molar-refractivity contribution in [1.29, 1.82) is 0 Å². The molecule has 5 aromatic carbocycles. The lowest BCUT2D eigenvalue weighted by atomic mass is 10.1. The number of carbonyl (C=O) groups is 2. The monoisotopic (exact) mass is 643 g/mol. The van der Waals surface area contributed by atoms with Gasteiger partial charge in [0, 0.05) is 25.1 Å². The first-order valence-electron chi connectivity index (χ1n) is 16.3. The average molecular weight is 644 g/mol. The number of carbonyl (C=O) groups excluding carboxylic acids is 1. The third-order valence-corrected chi connectivity index (χ3v) is 7.83. The summed E-state index contributed by atoms with van der Waals surface area (Å²) in [6.07, 6.45) is 1.83. The van der Waals surface area contributed by atoms with Crippen LogP contribution in [0.3, 0.4) is 0 Å². The zero-order valence-electron chi connectivity index (χ0n) is 27.0. The predicted octanol–water partition coefficient (Wildman–Crippen LogP) is 8.36. The molecule has 7 nitrogen and oxygen atoms in total. The minimum Gasteiger partial charge on any atom is -0.489 e. The van der Waals surface area contributed by atoms with Gasteiger partial charge < -0.3 is 24.2 Å². The van der Waals surface area contributed by atoms with E-state index < -0.39 is 5.97 Å². The van der Waals surface area contributed by atoms with Crippen LogP contribution in [0.15, 0.2) is 133 Å². The van der Waals surface area contributed by atoms with Gasteiger partial charge in [-0.1, -0.05) is 84.9 Å². The van der Waals surface area contributed by atoms with Crippen LogP contribution in [0, 0.1) is 0 Å². The van der Waals surface area contributed by atoms with E-state index in [-0.39, 0.29) is 12.3 Å². The Labute approximate surface area is 282 Å². The van der Waals surface area contributed by atoms with Gasteiger partial charge in [0.25, 0.3) is 5.91 Å². The maximum atomic E-state index is 13.6. The van der Waals surface area contributed by atoms with Crippen molar-refractivity contribution in [1.82, 2.24) is 4.90 Å². The molecule has 0 atom stereocenters. The van der Waals surface area contributed by atoms with E-state index in [1.54, 1.807) is 29.2 Å². The van der Waals surface area contributed by atoms with Gasteiger partial charge in [0.15, 0.2) is 0 Å². The molecule has 7 heteroatoms. The van der Waals surface area contributed by atoms with E-state index in [0.717, 1.165) is 33.8 Å². The second kappa shape index (κ2) is 18.0. The third kappa shape index (κ3) is 11.1. The van der Waals surface area contributed by atoms with Crippen LogP contribution >= 0.6 is 0 Å². The number of carboxylic acids is 1. The molecule has 0 radical (unpaired) electrons. The van der Waals surface area contributed by atoms with Gasteiger partial charge in [-0.3, -0.25) is 9.59 Å². The van der Waals surface area contributed by atoms with Crippen LogP contribution in [0.2, 0.25) is 0 Å². The SMILES string of the molecule is O=C(O)CCCCN(CCc1cccc(OCc2ccccc2)c1)C(=O)c1ccc(OCc2cccc(OCc3ccccc3)c2)cc1. The number of unbranched alkanes of at least 4 members (excludes halogenated alkanes) is 1.